The van der Waals surface area contributed by atoms with Crippen molar-refractivity contribution >= 4 is 17.1 Å². The number of anilines is 3. The molecule has 0 aromatic heterocycles. The second kappa shape index (κ2) is 11.6. The lowest BCUT2D eigenvalue weighted by Crippen LogP contribution is -2.26. The summed E-state index contributed by atoms with van der Waals surface area (Å²) in [7, 11) is 0. The van der Waals surface area contributed by atoms with Gasteiger partial charge in [-0.3, -0.25) is 0 Å². The van der Waals surface area contributed by atoms with E-state index < -0.39 is 5.41 Å². The highest BCUT2D eigenvalue weighted by molar-refractivity contribution is 6.01. The molecule has 51 heavy (non-hydrogen) atoms. The fourth-order valence-corrected chi connectivity index (χ4v) is 8.56. The van der Waals surface area contributed by atoms with Crippen LogP contribution in [0.1, 0.15) is 33.3 Å². The molecule has 1 spiro atoms. The van der Waals surface area contributed by atoms with Crippen LogP contribution in [0.3, 0.4) is 0 Å². The number of hydrogen-bond acceptors (Lipinski definition) is 1. The zero-order valence-corrected chi connectivity index (χ0v) is 28.1. The van der Waals surface area contributed by atoms with E-state index in [0.717, 1.165) is 44.8 Å². The molecule has 8 aromatic rings. The summed E-state index contributed by atoms with van der Waals surface area (Å²) in [5, 5.41) is 0. The van der Waals surface area contributed by atoms with E-state index >= 15 is 0 Å². The number of aryl methyl sites for hydroxylation is 1. The molecule has 0 aliphatic heterocycles. The lowest BCUT2D eigenvalue weighted by molar-refractivity contribution is 0.794. The van der Waals surface area contributed by atoms with Crippen molar-refractivity contribution in [3.63, 3.8) is 0 Å². The van der Waals surface area contributed by atoms with Crippen LogP contribution in [0.5, 0.6) is 0 Å². The van der Waals surface area contributed by atoms with Crippen molar-refractivity contribution < 1.29 is 5.48 Å². The third-order valence-electron chi connectivity index (χ3n) is 10.7. The van der Waals surface area contributed by atoms with E-state index in [2.05, 4.69) is 128 Å². The Kier molecular flexibility index (Phi) is 5.79. The van der Waals surface area contributed by atoms with Crippen LogP contribution < -0.4 is 4.90 Å². The van der Waals surface area contributed by atoms with E-state index in [-0.39, 0.29) is 35.4 Å². The van der Waals surface area contributed by atoms with Gasteiger partial charge in [-0.05, 0) is 104 Å². The predicted molar refractivity (Wildman–Crippen MR) is 213 cm³/mol. The number of rotatable bonds is 5. The van der Waals surface area contributed by atoms with Gasteiger partial charge in [-0.2, -0.15) is 0 Å². The second-order valence-corrected chi connectivity index (χ2v) is 13.4. The van der Waals surface area contributed by atoms with Gasteiger partial charge in [0.05, 0.1) is 16.6 Å². The Labute approximate surface area is 305 Å². The molecule has 8 aromatic carbocycles. The maximum atomic E-state index is 9.66. The first-order valence-corrected chi connectivity index (χ1v) is 17.5. The molecule has 1 heteroatoms. The lowest BCUT2D eigenvalue weighted by Gasteiger charge is -2.32. The van der Waals surface area contributed by atoms with Crippen LogP contribution in [-0.4, -0.2) is 0 Å². The molecule has 0 heterocycles. The summed E-state index contributed by atoms with van der Waals surface area (Å²) >= 11 is 0. The number of nitrogens with zero attached hydrogens (tertiary/aromatic N) is 1. The molecule has 0 radical (unpaired) electrons. The van der Waals surface area contributed by atoms with Gasteiger partial charge in [-0.15, -0.1) is 0 Å². The number of benzene rings is 8. The summed E-state index contributed by atoms with van der Waals surface area (Å²) in [6.07, 6.45) is 0. The highest BCUT2D eigenvalue weighted by Crippen LogP contribution is 2.64. The van der Waals surface area contributed by atoms with Crippen molar-refractivity contribution in [1.29, 1.82) is 0 Å². The minimum atomic E-state index is -0.584. The molecule has 0 fully saturated rings. The third kappa shape index (κ3) is 4.35. The normalized spacial score (nSPS) is 14.1. The molecule has 0 saturated carbocycles. The molecule has 0 bridgehead atoms. The largest absolute Gasteiger partial charge is 0.310 e. The zero-order valence-electron chi connectivity index (χ0n) is 32.1. The van der Waals surface area contributed by atoms with E-state index in [1.54, 1.807) is 0 Å². The van der Waals surface area contributed by atoms with E-state index in [1.807, 2.05) is 53.4 Å². The summed E-state index contributed by atoms with van der Waals surface area (Å²) < 4.78 is 38.1. The molecular weight excluding hydrogens is 615 g/mol. The topological polar surface area (TPSA) is 3.24 Å². The van der Waals surface area contributed by atoms with E-state index in [0.29, 0.717) is 5.56 Å². The van der Waals surface area contributed by atoms with Gasteiger partial charge in [0.25, 0.3) is 0 Å². The van der Waals surface area contributed by atoms with Gasteiger partial charge in [0, 0.05) is 16.9 Å². The highest BCUT2D eigenvalue weighted by atomic mass is 15.1. The van der Waals surface area contributed by atoms with Gasteiger partial charge >= 0.3 is 0 Å². The molecule has 10 rings (SSSR count). The molecule has 0 atom stereocenters. The summed E-state index contributed by atoms with van der Waals surface area (Å²) in [5.74, 6) is 0. The van der Waals surface area contributed by atoms with E-state index in [1.165, 1.54) is 27.8 Å². The Balaban J connectivity index is 1.30. The average Bonchev–Trinajstić information content (AvgIpc) is 3.70. The maximum absolute atomic E-state index is 9.66. The van der Waals surface area contributed by atoms with Crippen molar-refractivity contribution in [2.75, 3.05) is 4.90 Å². The minimum Gasteiger partial charge on any atom is -0.310 e. The molecule has 0 saturated heterocycles. The fourth-order valence-electron chi connectivity index (χ4n) is 8.56. The monoisotopic (exact) mass is 653 g/mol. The standard InChI is InChI=1S/C50H35N/c1-34-33-38(36-17-6-3-7-18-36)29-32-47(34)51(39-30-27-37(28-31-39)35-15-4-2-5-16-35)48-26-14-25-46-49(48)42-21-10-13-24-45(42)50(46)43-22-11-8-19-40(43)41-20-9-12-23-44(41)50/h2-33H,1H3/i27D,28D,30D,31D. The van der Waals surface area contributed by atoms with Crippen LogP contribution >= 0.6 is 0 Å². The van der Waals surface area contributed by atoms with Crippen LogP contribution in [-0.2, 0) is 5.41 Å². The van der Waals surface area contributed by atoms with Gasteiger partial charge in [0.15, 0.2) is 0 Å². The van der Waals surface area contributed by atoms with E-state index in [9.17, 15) is 5.48 Å². The Morgan fingerprint density at radius 2 is 0.922 bits per heavy atom. The SMILES string of the molecule is [2H]c1c([2H])c(N(c2ccc(-c3ccccc3)cc2C)c2cccc3c2-c2ccccc2C32c3ccccc3-c3ccccc32)c([2H])c([2H])c1-c1ccccc1. The summed E-state index contributed by atoms with van der Waals surface area (Å²) in [6, 6.07) is 57.9. The van der Waals surface area contributed by atoms with Crippen LogP contribution in [0.4, 0.5) is 17.1 Å². The van der Waals surface area contributed by atoms with Crippen LogP contribution in [0.15, 0.2) is 194 Å². The number of hydrogen-bond donors (Lipinski definition) is 0. The van der Waals surface area contributed by atoms with Gasteiger partial charge in [0.1, 0.15) is 0 Å². The zero-order chi connectivity index (χ0) is 37.4. The quantitative estimate of drug-likeness (QED) is 0.179. The maximum Gasteiger partial charge on any atom is 0.0726 e. The van der Waals surface area contributed by atoms with Gasteiger partial charge < -0.3 is 4.90 Å². The van der Waals surface area contributed by atoms with Crippen molar-refractivity contribution in [3.8, 4) is 44.5 Å². The van der Waals surface area contributed by atoms with Crippen molar-refractivity contribution in [2.45, 2.75) is 12.3 Å². The molecular formula is C50H35N. The van der Waals surface area contributed by atoms with Crippen LogP contribution in [0.25, 0.3) is 44.5 Å². The van der Waals surface area contributed by atoms with Crippen molar-refractivity contribution in [1.82, 2.24) is 0 Å². The Hall–Kier alpha value is -6.44. The molecule has 0 amide bonds. The first-order valence-electron chi connectivity index (χ1n) is 19.5. The van der Waals surface area contributed by atoms with Crippen LogP contribution in [0, 0.1) is 6.92 Å². The Morgan fingerprint density at radius 3 is 1.53 bits per heavy atom. The van der Waals surface area contributed by atoms with Gasteiger partial charge in [0.2, 0.25) is 0 Å². The first-order chi connectivity index (χ1) is 26.9. The number of fused-ring (bicyclic) bond motifs is 10. The molecule has 240 valence electrons. The van der Waals surface area contributed by atoms with Gasteiger partial charge in [-0.1, -0.05) is 164 Å². The fraction of sp³-hybridized carbons (Fsp3) is 0.0400. The minimum absolute atomic E-state index is 0.0751. The average molecular weight is 654 g/mol. The Morgan fingerprint density at radius 1 is 0.412 bits per heavy atom. The lowest BCUT2D eigenvalue weighted by atomic mass is 9.70. The van der Waals surface area contributed by atoms with Crippen molar-refractivity contribution in [2.24, 2.45) is 0 Å². The smallest absolute Gasteiger partial charge is 0.0726 e. The van der Waals surface area contributed by atoms with Crippen LogP contribution in [0.2, 0.25) is 0 Å². The molecule has 2 aliphatic carbocycles. The summed E-state index contributed by atoms with van der Waals surface area (Å²) in [6.45, 7) is 2.06. The molecule has 2 aliphatic rings. The summed E-state index contributed by atoms with van der Waals surface area (Å²) in [4.78, 5) is 1.99. The highest BCUT2D eigenvalue weighted by Gasteiger charge is 2.52. The van der Waals surface area contributed by atoms with Crippen molar-refractivity contribution in [3.05, 3.63) is 222 Å². The van der Waals surface area contributed by atoms with E-state index in [4.69, 9.17) is 0 Å². The Bertz CT molecular complexity index is 2750. The summed E-state index contributed by atoms with van der Waals surface area (Å²) in [5.41, 5.74) is 14.5. The van der Waals surface area contributed by atoms with Gasteiger partial charge in [-0.25, -0.2) is 0 Å². The third-order valence-corrected chi connectivity index (χ3v) is 10.7. The second-order valence-electron chi connectivity index (χ2n) is 13.4. The molecule has 0 unspecified atom stereocenters. The first kappa shape index (κ1) is 25.5. The molecule has 0 N–H and O–H groups in total. The predicted octanol–water partition coefficient (Wildman–Crippen LogP) is 13.1. The molecule has 1 nitrogen and oxygen atoms in total.